The molecular formula is C14H17Cl2NO. The molecule has 2 atom stereocenters. The number of halogens is 2. The summed E-state index contributed by atoms with van der Waals surface area (Å²) in [5, 5.41) is 4.01. The van der Waals surface area contributed by atoms with Gasteiger partial charge in [0.25, 0.3) is 5.91 Å². The SMILES string of the molecule is CC1CCCC(NC(=O)c2ccc(Cl)cc2Cl)C1. The quantitative estimate of drug-likeness (QED) is 0.862. The number of nitrogens with one attached hydrogen (secondary N) is 1. The number of carbonyl (C=O) groups excluding carboxylic acids is 1. The number of amides is 1. The lowest BCUT2D eigenvalue weighted by molar-refractivity contribution is 0.0921. The number of rotatable bonds is 2. The highest BCUT2D eigenvalue weighted by Crippen LogP contribution is 2.25. The summed E-state index contributed by atoms with van der Waals surface area (Å²) < 4.78 is 0. The molecular weight excluding hydrogens is 269 g/mol. The normalized spacial score (nSPS) is 23.7. The van der Waals surface area contributed by atoms with Crippen LogP contribution in [0.4, 0.5) is 0 Å². The molecule has 2 rings (SSSR count). The van der Waals surface area contributed by atoms with E-state index in [1.165, 1.54) is 12.8 Å². The summed E-state index contributed by atoms with van der Waals surface area (Å²) in [6.07, 6.45) is 4.55. The van der Waals surface area contributed by atoms with Crippen LogP contribution in [0.2, 0.25) is 10.0 Å². The molecule has 0 heterocycles. The summed E-state index contributed by atoms with van der Waals surface area (Å²) in [5.41, 5.74) is 0.499. The molecule has 2 unspecified atom stereocenters. The minimum atomic E-state index is -0.101. The molecule has 0 radical (unpaired) electrons. The highest BCUT2D eigenvalue weighted by atomic mass is 35.5. The van der Waals surface area contributed by atoms with Gasteiger partial charge in [0.1, 0.15) is 0 Å². The number of hydrogen-bond acceptors (Lipinski definition) is 1. The van der Waals surface area contributed by atoms with Crippen molar-refractivity contribution in [2.75, 3.05) is 0 Å². The van der Waals surface area contributed by atoms with E-state index in [9.17, 15) is 4.79 Å². The minimum absolute atomic E-state index is 0.101. The molecule has 4 heteroatoms. The predicted octanol–water partition coefficient (Wildman–Crippen LogP) is 4.30. The molecule has 0 saturated heterocycles. The first-order valence-electron chi connectivity index (χ1n) is 6.32. The van der Waals surface area contributed by atoms with Crippen LogP contribution in [0.25, 0.3) is 0 Å². The van der Waals surface area contributed by atoms with Crippen molar-refractivity contribution in [1.29, 1.82) is 0 Å². The monoisotopic (exact) mass is 285 g/mol. The maximum absolute atomic E-state index is 12.1. The first-order valence-corrected chi connectivity index (χ1v) is 7.08. The van der Waals surface area contributed by atoms with Crippen molar-refractivity contribution in [3.8, 4) is 0 Å². The zero-order valence-corrected chi connectivity index (χ0v) is 11.9. The highest BCUT2D eigenvalue weighted by Gasteiger charge is 2.21. The van der Waals surface area contributed by atoms with Crippen LogP contribution in [0.5, 0.6) is 0 Å². The predicted molar refractivity (Wildman–Crippen MR) is 75.3 cm³/mol. The summed E-state index contributed by atoms with van der Waals surface area (Å²) >= 11 is 11.8. The Morgan fingerprint density at radius 1 is 1.33 bits per heavy atom. The van der Waals surface area contributed by atoms with Crippen molar-refractivity contribution in [3.63, 3.8) is 0 Å². The standard InChI is InChI=1S/C14H17Cl2NO/c1-9-3-2-4-11(7-9)17-14(18)12-6-5-10(15)8-13(12)16/h5-6,8-9,11H,2-4,7H2,1H3,(H,17,18). The van der Waals surface area contributed by atoms with E-state index < -0.39 is 0 Å². The zero-order valence-electron chi connectivity index (χ0n) is 10.4. The molecule has 1 saturated carbocycles. The van der Waals surface area contributed by atoms with E-state index in [2.05, 4.69) is 12.2 Å². The average molecular weight is 286 g/mol. The number of benzene rings is 1. The van der Waals surface area contributed by atoms with E-state index in [4.69, 9.17) is 23.2 Å². The van der Waals surface area contributed by atoms with E-state index in [-0.39, 0.29) is 11.9 Å². The van der Waals surface area contributed by atoms with Crippen LogP contribution in [0.3, 0.4) is 0 Å². The summed E-state index contributed by atoms with van der Waals surface area (Å²) in [5.74, 6) is 0.584. The summed E-state index contributed by atoms with van der Waals surface area (Å²) in [6, 6.07) is 5.23. The highest BCUT2D eigenvalue weighted by molar-refractivity contribution is 6.36. The van der Waals surface area contributed by atoms with E-state index in [0.29, 0.717) is 21.5 Å². The molecule has 1 aliphatic carbocycles. The maximum atomic E-state index is 12.1. The molecule has 18 heavy (non-hydrogen) atoms. The van der Waals surface area contributed by atoms with Gasteiger partial charge in [0.05, 0.1) is 10.6 Å². The Balaban J connectivity index is 2.03. The molecule has 0 aromatic heterocycles. The summed E-state index contributed by atoms with van der Waals surface area (Å²) in [4.78, 5) is 12.1. The van der Waals surface area contributed by atoms with Gasteiger partial charge >= 0.3 is 0 Å². The van der Waals surface area contributed by atoms with Gasteiger partial charge in [0.2, 0.25) is 0 Å². The second-order valence-corrected chi connectivity index (χ2v) is 5.91. The number of carbonyl (C=O) groups is 1. The van der Waals surface area contributed by atoms with Crippen molar-refractivity contribution in [2.45, 2.75) is 38.6 Å². The van der Waals surface area contributed by atoms with E-state index in [1.54, 1.807) is 18.2 Å². The van der Waals surface area contributed by atoms with Crippen LogP contribution in [0.1, 0.15) is 43.0 Å². The molecule has 1 amide bonds. The average Bonchev–Trinajstić information content (AvgIpc) is 2.28. The maximum Gasteiger partial charge on any atom is 0.253 e. The van der Waals surface area contributed by atoms with Gasteiger partial charge in [-0.2, -0.15) is 0 Å². The van der Waals surface area contributed by atoms with Gasteiger partial charge in [-0.15, -0.1) is 0 Å². The smallest absolute Gasteiger partial charge is 0.253 e. The second kappa shape index (κ2) is 5.94. The van der Waals surface area contributed by atoms with Crippen LogP contribution in [0.15, 0.2) is 18.2 Å². The largest absolute Gasteiger partial charge is 0.349 e. The topological polar surface area (TPSA) is 29.1 Å². The van der Waals surface area contributed by atoms with Crippen LogP contribution < -0.4 is 5.32 Å². The van der Waals surface area contributed by atoms with Gasteiger partial charge in [0.15, 0.2) is 0 Å². The fourth-order valence-corrected chi connectivity index (χ4v) is 3.00. The molecule has 1 N–H and O–H groups in total. The van der Waals surface area contributed by atoms with Crippen molar-refractivity contribution >= 4 is 29.1 Å². The molecule has 0 aliphatic heterocycles. The molecule has 98 valence electrons. The Morgan fingerprint density at radius 3 is 2.78 bits per heavy atom. The molecule has 1 aromatic carbocycles. The van der Waals surface area contributed by atoms with Crippen molar-refractivity contribution in [3.05, 3.63) is 33.8 Å². The Kier molecular flexibility index (Phi) is 4.52. The van der Waals surface area contributed by atoms with E-state index in [0.717, 1.165) is 12.8 Å². The van der Waals surface area contributed by atoms with Crippen LogP contribution in [-0.2, 0) is 0 Å². The summed E-state index contributed by atoms with van der Waals surface area (Å²) in [7, 11) is 0. The minimum Gasteiger partial charge on any atom is -0.349 e. The Hall–Kier alpha value is -0.730. The molecule has 0 bridgehead atoms. The Bertz CT molecular complexity index is 447. The molecule has 1 aromatic rings. The van der Waals surface area contributed by atoms with Gasteiger partial charge < -0.3 is 5.32 Å². The fraction of sp³-hybridized carbons (Fsp3) is 0.500. The number of hydrogen-bond donors (Lipinski definition) is 1. The molecule has 2 nitrogen and oxygen atoms in total. The van der Waals surface area contributed by atoms with Crippen molar-refractivity contribution < 1.29 is 4.79 Å². The Morgan fingerprint density at radius 2 is 2.11 bits per heavy atom. The van der Waals surface area contributed by atoms with Gasteiger partial charge in [0, 0.05) is 11.1 Å². The molecule has 1 fully saturated rings. The van der Waals surface area contributed by atoms with Gasteiger partial charge in [-0.25, -0.2) is 0 Å². The first kappa shape index (κ1) is 13.7. The van der Waals surface area contributed by atoms with Crippen LogP contribution in [0, 0.1) is 5.92 Å². The third-order valence-corrected chi connectivity index (χ3v) is 4.00. The lowest BCUT2D eigenvalue weighted by Gasteiger charge is -2.27. The van der Waals surface area contributed by atoms with Gasteiger partial charge in [-0.05, 0) is 37.0 Å². The van der Waals surface area contributed by atoms with Crippen LogP contribution in [-0.4, -0.2) is 11.9 Å². The van der Waals surface area contributed by atoms with Crippen molar-refractivity contribution in [2.24, 2.45) is 5.92 Å². The lowest BCUT2D eigenvalue weighted by Crippen LogP contribution is -2.38. The van der Waals surface area contributed by atoms with Crippen molar-refractivity contribution in [1.82, 2.24) is 5.32 Å². The third kappa shape index (κ3) is 3.39. The lowest BCUT2D eigenvalue weighted by atomic mass is 9.87. The van der Waals surface area contributed by atoms with E-state index in [1.807, 2.05) is 0 Å². The van der Waals surface area contributed by atoms with E-state index >= 15 is 0 Å². The summed E-state index contributed by atoms with van der Waals surface area (Å²) in [6.45, 7) is 2.23. The Labute approximate surface area is 118 Å². The molecule has 0 spiro atoms. The second-order valence-electron chi connectivity index (χ2n) is 5.07. The molecule has 1 aliphatic rings. The third-order valence-electron chi connectivity index (χ3n) is 3.45. The first-order chi connectivity index (χ1) is 8.56. The fourth-order valence-electron chi connectivity index (χ4n) is 2.50. The van der Waals surface area contributed by atoms with Gasteiger partial charge in [-0.3, -0.25) is 4.79 Å². The van der Waals surface area contributed by atoms with Crippen LogP contribution >= 0.6 is 23.2 Å². The van der Waals surface area contributed by atoms with Gasteiger partial charge in [-0.1, -0.05) is 43.0 Å². The zero-order chi connectivity index (χ0) is 13.1.